The Morgan fingerprint density at radius 3 is 2.90 bits per heavy atom. The molecule has 29 heavy (non-hydrogen) atoms. The third kappa shape index (κ3) is 3.65. The van der Waals surface area contributed by atoms with Crippen molar-refractivity contribution >= 4 is 29.3 Å². The lowest BCUT2D eigenvalue weighted by molar-refractivity contribution is -0.154. The topological polar surface area (TPSA) is 94.1 Å². The van der Waals surface area contributed by atoms with Crippen LogP contribution in [0.25, 0.3) is 5.65 Å². The second kappa shape index (κ2) is 7.75. The number of esters is 1. The average molecular weight is 413 g/mol. The summed E-state index contributed by atoms with van der Waals surface area (Å²) < 4.78 is 12.3. The molecule has 0 saturated carbocycles. The van der Waals surface area contributed by atoms with Crippen molar-refractivity contribution in [2.45, 2.75) is 31.9 Å². The highest BCUT2D eigenvalue weighted by molar-refractivity contribution is 7.99. The number of aromatic nitrogens is 2. The Hall–Kier alpha value is -3.07. The molecule has 1 amide bonds. The number of hydrogen-bond acceptors (Lipinski definition) is 7. The van der Waals surface area contributed by atoms with Crippen molar-refractivity contribution in [3.8, 4) is 0 Å². The van der Waals surface area contributed by atoms with E-state index in [0.717, 1.165) is 5.56 Å². The van der Waals surface area contributed by atoms with Gasteiger partial charge in [-0.2, -0.15) is 0 Å². The van der Waals surface area contributed by atoms with E-state index in [1.54, 1.807) is 24.4 Å². The number of nitrogens with zero attached hydrogens (tertiary/aromatic N) is 3. The summed E-state index contributed by atoms with van der Waals surface area (Å²) in [6, 6.07) is 7.76. The maximum absolute atomic E-state index is 12.7. The van der Waals surface area contributed by atoms with Crippen molar-refractivity contribution in [1.29, 1.82) is 0 Å². The first kappa shape index (κ1) is 19.3. The van der Waals surface area contributed by atoms with Crippen LogP contribution in [0.15, 0.2) is 52.0 Å². The van der Waals surface area contributed by atoms with Crippen LogP contribution in [0.2, 0.25) is 0 Å². The van der Waals surface area contributed by atoms with Crippen molar-refractivity contribution in [2.24, 2.45) is 0 Å². The molecule has 1 aliphatic rings. The summed E-state index contributed by atoms with van der Waals surface area (Å²) in [4.78, 5) is 43.1. The minimum atomic E-state index is -0.726. The number of carbonyl (C=O) groups excluding carboxylic acids is 2. The molecule has 3 aromatic heterocycles. The highest BCUT2D eigenvalue weighted by Crippen LogP contribution is 2.41. The van der Waals surface area contributed by atoms with Crippen molar-refractivity contribution in [3.05, 3.63) is 70.2 Å². The molecular formula is C20H19N3O5S. The van der Waals surface area contributed by atoms with Gasteiger partial charge in [0.25, 0.3) is 5.56 Å². The number of amides is 1. The highest BCUT2D eigenvalue weighted by atomic mass is 32.2. The largest absolute Gasteiger partial charge is 0.466 e. The second-order valence-electron chi connectivity index (χ2n) is 6.72. The highest BCUT2D eigenvalue weighted by Gasteiger charge is 2.43. The third-order valence-corrected chi connectivity index (χ3v) is 6.01. The summed E-state index contributed by atoms with van der Waals surface area (Å²) in [6.07, 6.45) is 3.18. The summed E-state index contributed by atoms with van der Waals surface area (Å²) in [7, 11) is 0. The first-order valence-electron chi connectivity index (χ1n) is 9.04. The normalized spacial score (nSPS) is 18.9. The first-order chi connectivity index (χ1) is 14.0. The summed E-state index contributed by atoms with van der Waals surface area (Å²) in [5.41, 5.74) is 1.48. The van der Waals surface area contributed by atoms with Gasteiger partial charge in [-0.1, -0.05) is 6.07 Å². The molecule has 1 aliphatic heterocycles. The zero-order valence-corrected chi connectivity index (χ0v) is 16.7. The quantitative estimate of drug-likeness (QED) is 0.606. The van der Waals surface area contributed by atoms with Gasteiger partial charge in [0, 0.05) is 24.9 Å². The van der Waals surface area contributed by atoms with Gasteiger partial charge in [-0.15, -0.1) is 11.8 Å². The Labute approximate surface area is 170 Å². The molecule has 0 N–H and O–H groups in total. The molecule has 150 valence electrons. The molecule has 0 unspecified atom stereocenters. The fourth-order valence-corrected chi connectivity index (χ4v) is 4.76. The molecule has 9 heteroatoms. The molecule has 4 heterocycles. The Kier molecular flexibility index (Phi) is 5.14. The number of pyridine rings is 1. The zero-order valence-electron chi connectivity index (χ0n) is 15.9. The number of hydrogen-bond donors (Lipinski definition) is 0. The summed E-state index contributed by atoms with van der Waals surface area (Å²) in [5, 5.41) is -0.369. The van der Waals surface area contributed by atoms with E-state index in [1.807, 2.05) is 13.0 Å². The number of aryl methyl sites for hydroxylation is 1. The van der Waals surface area contributed by atoms with Gasteiger partial charge >= 0.3 is 5.97 Å². The molecule has 0 bridgehead atoms. The molecule has 1 fully saturated rings. The number of carbonyl (C=O) groups is 2. The predicted octanol–water partition coefficient (Wildman–Crippen LogP) is 2.30. The van der Waals surface area contributed by atoms with E-state index in [-0.39, 0.29) is 23.4 Å². The van der Waals surface area contributed by atoms with Crippen molar-refractivity contribution in [1.82, 2.24) is 14.3 Å². The fraction of sp³-hybridized carbons (Fsp3) is 0.300. The number of furan rings is 1. The summed E-state index contributed by atoms with van der Waals surface area (Å²) in [6.45, 7) is 3.13. The summed E-state index contributed by atoms with van der Waals surface area (Å²) in [5.74, 6) is 0.237. The maximum atomic E-state index is 12.7. The van der Waals surface area contributed by atoms with Crippen LogP contribution in [-0.4, -0.2) is 38.0 Å². The molecule has 1 saturated heterocycles. The maximum Gasteiger partial charge on any atom is 0.330 e. The van der Waals surface area contributed by atoms with E-state index >= 15 is 0 Å². The van der Waals surface area contributed by atoms with Gasteiger partial charge in [-0.25, -0.2) is 9.78 Å². The Balaban J connectivity index is 1.51. The van der Waals surface area contributed by atoms with Crippen molar-refractivity contribution < 1.29 is 18.7 Å². The van der Waals surface area contributed by atoms with Gasteiger partial charge in [0.15, 0.2) is 0 Å². The first-order valence-corrected chi connectivity index (χ1v) is 10.1. The van der Waals surface area contributed by atoms with E-state index in [9.17, 15) is 14.4 Å². The Bertz CT molecular complexity index is 1120. The third-order valence-electron chi connectivity index (χ3n) is 4.72. The molecule has 0 aliphatic carbocycles. The summed E-state index contributed by atoms with van der Waals surface area (Å²) >= 11 is 1.44. The lowest BCUT2D eigenvalue weighted by atomic mass is 10.2. The van der Waals surface area contributed by atoms with Crippen LogP contribution in [0.1, 0.15) is 29.3 Å². The molecule has 0 aromatic carbocycles. The minimum absolute atomic E-state index is 0.142. The van der Waals surface area contributed by atoms with Crippen LogP contribution >= 0.6 is 11.8 Å². The van der Waals surface area contributed by atoms with Crippen LogP contribution in [0.3, 0.4) is 0 Å². The van der Waals surface area contributed by atoms with Gasteiger partial charge in [0.2, 0.25) is 5.91 Å². The van der Waals surface area contributed by atoms with E-state index in [2.05, 4.69) is 4.98 Å². The number of rotatable bonds is 4. The number of fused-ring (bicyclic) bond motifs is 1. The molecule has 8 nitrogen and oxygen atoms in total. The van der Waals surface area contributed by atoms with Crippen LogP contribution in [0, 0.1) is 6.92 Å². The monoisotopic (exact) mass is 413 g/mol. The van der Waals surface area contributed by atoms with Gasteiger partial charge in [0.05, 0.1) is 12.0 Å². The van der Waals surface area contributed by atoms with Crippen LogP contribution in [-0.2, 0) is 20.9 Å². The van der Waals surface area contributed by atoms with Crippen LogP contribution in [0.4, 0.5) is 0 Å². The van der Waals surface area contributed by atoms with Gasteiger partial charge in [0.1, 0.15) is 29.4 Å². The van der Waals surface area contributed by atoms with E-state index < -0.39 is 12.0 Å². The van der Waals surface area contributed by atoms with Crippen molar-refractivity contribution in [3.63, 3.8) is 0 Å². The molecule has 0 radical (unpaired) electrons. The molecule has 0 spiro atoms. The van der Waals surface area contributed by atoms with Gasteiger partial charge in [-0.3, -0.25) is 14.0 Å². The zero-order chi connectivity index (χ0) is 20.5. The molecule has 2 atom stereocenters. The van der Waals surface area contributed by atoms with Crippen molar-refractivity contribution in [2.75, 3.05) is 5.75 Å². The SMILES string of the molecule is CC(=O)N1[C@@H](C(=O)OCc2cc(=O)n3cccc(C)c3n2)CS[C@@H]1c1ccco1. The number of ether oxygens (including phenoxy) is 1. The smallest absolute Gasteiger partial charge is 0.330 e. The molecular weight excluding hydrogens is 394 g/mol. The van der Waals surface area contributed by atoms with Crippen LogP contribution < -0.4 is 5.56 Å². The Morgan fingerprint density at radius 1 is 1.34 bits per heavy atom. The average Bonchev–Trinajstić information content (AvgIpc) is 3.36. The minimum Gasteiger partial charge on any atom is -0.466 e. The van der Waals surface area contributed by atoms with Gasteiger partial charge < -0.3 is 14.1 Å². The van der Waals surface area contributed by atoms with E-state index in [4.69, 9.17) is 9.15 Å². The lowest BCUT2D eigenvalue weighted by Gasteiger charge is -2.25. The fourth-order valence-electron chi connectivity index (χ4n) is 3.35. The predicted molar refractivity (Wildman–Crippen MR) is 106 cm³/mol. The molecule has 4 rings (SSSR count). The van der Waals surface area contributed by atoms with Crippen LogP contribution in [0.5, 0.6) is 0 Å². The second-order valence-corrected chi connectivity index (χ2v) is 7.83. The van der Waals surface area contributed by atoms with E-state index in [0.29, 0.717) is 22.9 Å². The Morgan fingerprint density at radius 2 is 2.17 bits per heavy atom. The van der Waals surface area contributed by atoms with E-state index in [1.165, 1.54) is 40.3 Å². The lowest BCUT2D eigenvalue weighted by Crippen LogP contribution is -2.42. The molecule has 3 aromatic rings. The number of thioether (sulfide) groups is 1. The standard InChI is InChI=1S/C20H19N3O5S/c1-12-5-3-7-22-17(25)9-14(21-18(12)22)10-28-20(26)15-11-29-19(23(15)13(2)24)16-6-4-8-27-16/h3-9,15,19H,10-11H2,1-2H3/t15-,19-/m1/s1. The van der Waals surface area contributed by atoms with Gasteiger partial charge in [-0.05, 0) is 30.7 Å².